The Kier molecular flexibility index (Phi) is 4.16. The zero-order valence-corrected chi connectivity index (χ0v) is 14.3. The van der Waals surface area contributed by atoms with Crippen LogP contribution in [0.1, 0.15) is 23.2 Å². The molecule has 2 N–H and O–H groups in total. The molecule has 0 radical (unpaired) electrons. The molecule has 1 fully saturated rings. The number of fused-ring (bicyclic) bond motifs is 1. The van der Waals surface area contributed by atoms with Gasteiger partial charge in [-0.3, -0.25) is 9.59 Å². The lowest BCUT2D eigenvalue weighted by molar-refractivity contribution is -0.123. The van der Waals surface area contributed by atoms with Crippen LogP contribution < -0.4 is 5.73 Å². The first kappa shape index (κ1) is 16.3. The van der Waals surface area contributed by atoms with E-state index in [0.717, 1.165) is 29.6 Å². The van der Waals surface area contributed by atoms with Gasteiger partial charge in [0.25, 0.3) is 5.91 Å². The Morgan fingerprint density at radius 3 is 2.81 bits per heavy atom. The van der Waals surface area contributed by atoms with Crippen molar-refractivity contribution in [3.63, 3.8) is 0 Å². The van der Waals surface area contributed by atoms with Gasteiger partial charge < -0.3 is 10.6 Å². The highest BCUT2D eigenvalue weighted by molar-refractivity contribution is 5.96. The predicted molar refractivity (Wildman–Crippen MR) is 98.4 cm³/mol. The van der Waals surface area contributed by atoms with Crippen molar-refractivity contribution in [1.29, 1.82) is 0 Å². The molecule has 2 amide bonds. The second kappa shape index (κ2) is 6.63. The highest BCUT2D eigenvalue weighted by Crippen LogP contribution is 2.24. The normalized spacial score (nSPS) is 17.4. The maximum atomic E-state index is 12.9. The van der Waals surface area contributed by atoms with E-state index >= 15 is 0 Å². The number of hydrogen-bond donors (Lipinski definition) is 1. The molecule has 26 heavy (non-hydrogen) atoms. The maximum absolute atomic E-state index is 12.9. The first-order valence-corrected chi connectivity index (χ1v) is 8.75. The number of amides is 2. The molecule has 4 rings (SSSR count). The molecule has 1 aliphatic rings. The molecule has 132 valence electrons. The fourth-order valence-electron chi connectivity index (χ4n) is 3.56. The monoisotopic (exact) mass is 348 g/mol. The Bertz CT molecular complexity index is 979. The highest BCUT2D eigenvalue weighted by Gasteiger charge is 2.27. The van der Waals surface area contributed by atoms with Gasteiger partial charge in [-0.2, -0.15) is 5.10 Å². The Hall–Kier alpha value is -3.15. The minimum Gasteiger partial charge on any atom is -0.369 e. The molecule has 3 heterocycles. The number of likely N-dealkylation sites (tertiary alicyclic amines) is 1. The minimum absolute atomic E-state index is 0.0644. The number of pyridine rings is 1. The second-order valence-electron chi connectivity index (χ2n) is 6.65. The van der Waals surface area contributed by atoms with E-state index in [9.17, 15) is 9.59 Å². The predicted octanol–water partition coefficient (Wildman–Crippen LogP) is 2.34. The van der Waals surface area contributed by atoms with E-state index in [1.165, 1.54) is 0 Å². The Morgan fingerprint density at radius 2 is 1.96 bits per heavy atom. The van der Waals surface area contributed by atoms with Crippen LogP contribution in [0.4, 0.5) is 0 Å². The van der Waals surface area contributed by atoms with Crippen molar-refractivity contribution in [2.24, 2.45) is 11.7 Å². The van der Waals surface area contributed by atoms with Gasteiger partial charge in [-0.05, 0) is 43.2 Å². The fraction of sp³-hybridized carbons (Fsp3) is 0.250. The van der Waals surface area contributed by atoms with Gasteiger partial charge in [0.1, 0.15) is 0 Å². The van der Waals surface area contributed by atoms with Gasteiger partial charge >= 0.3 is 0 Å². The summed E-state index contributed by atoms with van der Waals surface area (Å²) in [5.74, 6) is -0.652. The van der Waals surface area contributed by atoms with Crippen LogP contribution in [-0.4, -0.2) is 39.4 Å². The van der Waals surface area contributed by atoms with Gasteiger partial charge in [-0.15, -0.1) is 0 Å². The summed E-state index contributed by atoms with van der Waals surface area (Å²) in [4.78, 5) is 26.1. The molecular weight excluding hydrogens is 328 g/mol. The third-order valence-electron chi connectivity index (χ3n) is 4.94. The van der Waals surface area contributed by atoms with Crippen molar-refractivity contribution in [3.05, 3.63) is 60.3 Å². The van der Waals surface area contributed by atoms with Crippen molar-refractivity contribution < 1.29 is 9.59 Å². The van der Waals surface area contributed by atoms with Gasteiger partial charge in [0.15, 0.2) is 0 Å². The van der Waals surface area contributed by atoms with Crippen LogP contribution in [0.25, 0.3) is 16.8 Å². The fourth-order valence-corrected chi connectivity index (χ4v) is 3.56. The van der Waals surface area contributed by atoms with Crippen LogP contribution in [0.3, 0.4) is 0 Å². The van der Waals surface area contributed by atoms with Crippen molar-refractivity contribution >= 4 is 17.3 Å². The summed E-state index contributed by atoms with van der Waals surface area (Å²) in [5, 5.41) is 4.36. The third kappa shape index (κ3) is 2.94. The Labute approximate surface area is 151 Å². The Morgan fingerprint density at radius 1 is 1.12 bits per heavy atom. The number of nitrogens with two attached hydrogens (primary N) is 1. The van der Waals surface area contributed by atoms with E-state index in [4.69, 9.17) is 5.73 Å². The number of rotatable bonds is 3. The molecule has 1 aromatic carbocycles. The van der Waals surface area contributed by atoms with E-state index in [1.54, 1.807) is 11.1 Å². The van der Waals surface area contributed by atoms with E-state index in [0.29, 0.717) is 18.7 Å². The highest BCUT2D eigenvalue weighted by atomic mass is 16.2. The molecule has 0 spiro atoms. The summed E-state index contributed by atoms with van der Waals surface area (Å²) in [6, 6.07) is 15.4. The SMILES string of the molecule is NC(=O)C1CCCN(C(=O)c2cccc(-c3cccc4ccnn34)c2)C1. The number of carbonyl (C=O) groups excluding carboxylic acids is 2. The zero-order valence-electron chi connectivity index (χ0n) is 14.3. The van der Waals surface area contributed by atoms with E-state index < -0.39 is 0 Å². The molecule has 1 atom stereocenters. The molecule has 1 unspecified atom stereocenters. The molecule has 1 aliphatic heterocycles. The average molecular weight is 348 g/mol. The van der Waals surface area contributed by atoms with E-state index in [1.807, 2.05) is 53.0 Å². The molecule has 2 aromatic heterocycles. The van der Waals surface area contributed by atoms with Crippen molar-refractivity contribution in [3.8, 4) is 11.3 Å². The standard InChI is InChI=1S/C20H20N4O2/c21-19(25)16-6-3-11-23(13-16)20(26)15-5-1-4-14(12-15)18-8-2-7-17-9-10-22-24(17)18/h1-2,4-5,7-10,12,16H,3,6,11,13H2,(H2,21,25). The van der Waals surface area contributed by atoms with Crippen molar-refractivity contribution in [1.82, 2.24) is 14.5 Å². The van der Waals surface area contributed by atoms with Gasteiger partial charge in [-0.1, -0.05) is 18.2 Å². The van der Waals surface area contributed by atoms with E-state index in [-0.39, 0.29) is 17.7 Å². The molecule has 0 saturated carbocycles. The number of primary amides is 1. The lowest BCUT2D eigenvalue weighted by atomic mass is 9.96. The summed E-state index contributed by atoms with van der Waals surface area (Å²) in [7, 11) is 0. The van der Waals surface area contributed by atoms with Crippen LogP contribution in [0, 0.1) is 5.92 Å². The van der Waals surface area contributed by atoms with E-state index in [2.05, 4.69) is 5.10 Å². The van der Waals surface area contributed by atoms with Gasteiger partial charge in [0.2, 0.25) is 5.91 Å². The van der Waals surface area contributed by atoms with Crippen LogP contribution in [-0.2, 0) is 4.79 Å². The number of carbonyl (C=O) groups is 2. The molecule has 0 aliphatic carbocycles. The van der Waals surface area contributed by atoms with Crippen molar-refractivity contribution in [2.45, 2.75) is 12.8 Å². The summed E-state index contributed by atoms with van der Waals surface area (Å²) < 4.78 is 1.85. The molecular formula is C20H20N4O2. The number of benzene rings is 1. The quantitative estimate of drug-likeness (QED) is 0.789. The third-order valence-corrected chi connectivity index (χ3v) is 4.94. The zero-order chi connectivity index (χ0) is 18.1. The maximum Gasteiger partial charge on any atom is 0.253 e. The largest absolute Gasteiger partial charge is 0.369 e. The molecule has 1 saturated heterocycles. The lowest BCUT2D eigenvalue weighted by Gasteiger charge is -2.31. The topological polar surface area (TPSA) is 80.7 Å². The smallest absolute Gasteiger partial charge is 0.253 e. The number of nitrogens with zero attached hydrogens (tertiary/aromatic N) is 3. The van der Waals surface area contributed by atoms with Gasteiger partial charge in [0.05, 0.1) is 23.3 Å². The molecule has 6 nitrogen and oxygen atoms in total. The van der Waals surface area contributed by atoms with Gasteiger partial charge in [0, 0.05) is 24.2 Å². The second-order valence-corrected chi connectivity index (χ2v) is 6.65. The molecule has 0 bridgehead atoms. The van der Waals surface area contributed by atoms with Crippen LogP contribution in [0.2, 0.25) is 0 Å². The van der Waals surface area contributed by atoms with Crippen LogP contribution in [0.5, 0.6) is 0 Å². The Balaban J connectivity index is 1.64. The number of piperidine rings is 1. The van der Waals surface area contributed by atoms with Crippen LogP contribution in [0.15, 0.2) is 54.7 Å². The van der Waals surface area contributed by atoms with Gasteiger partial charge in [-0.25, -0.2) is 4.52 Å². The summed E-state index contributed by atoms with van der Waals surface area (Å²) >= 11 is 0. The summed E-state index contributed by atoms with van der Waals surface area (Å²) in [5.41, 5.74) is 8.88. The number of aromatic nitrogens is 2. The average Bonchev–Trinajstić information content (AvgIpc) is 3.16. The van der Waals surface area contributed by atoms with Crippen LogP contribution >= 0.6 is 0 Å². The first-order chi connectivity index (χ1) is 12.6. The summed E-state index contributed by atoms with van der Waals surface area (Å²) in [6.07, 6.45) is 3.30. The molecule has 6 heteroatoms. The lowest BCUT2D eigenvalue weighted by Crippen LogP contribution is -2.44. The molecule has 3 aromatic rings. The number of hydrogen-bond acceptors (Lipinski definition) is 3. The summed E-state index contributed by atoms with van der Waals surface area (Å²) in [6.45, 7) is 1.05. The van der Waals surface area contributed by atoms with Crippen molar-refractivity contribution in [2.75, 3.05) is 13.1 Å². The minimum atomic E-state index is -0.332. The first-order valence-electron chi connectivity index (χ1n) is 8.75.